The number of nitrogens with zero attached hydrogens (tertiary/aromatic N) is 1. The number of aryl methyl sites for hydroxylation is 1. The summed E-state index contributed by atoms with van der Waals surface area (Å²) >= 11 is 7.20. The smallest absolute Gasteiger partial charge is 0.234 e. The maximum absolute atomic E-state index is 12.4. The molecule has 2 N–H and O–H groups in total. The minimum Gasteiger partial charge on any atom is -0.493 e. The summed E-state index contributed by atoms with van der Waals surface area (Å²) in [5, 5.41) is 16.3. The van der Waals surface area contributed by atoms with Crippen LogP contribution in [0.1, 0.15) is 23.5 Å². The van der Waals surface area contributed by atoms with Gasteiger partial charge in [0.15, 0.2) is 11.5 Å². The Kier molecular flexibility index (Phi) is 7.67. The van der Waals surface area contributed by atoms with Gasteiger partial charge in [0.2, 0.25) is 11.8 Å². The fourth-order valence-corrected chi connectivity index (χ4v) is 4.45. The van der Waals surface area contributed by atoms with Gasteiger partial charge in [-0.05, 0) is 30.7 Å². The summed E-state index contributed by atoms with van der Waals surface area (Å²) in [6, 6.07) is 12.8. The van der Waals surface area contributed by atoms with Crippen LogP contribution in [0.25, 0.3) is 0 Å². The van der Waals surface area contributed by atoms with Gasteiger partial charge in [0.25, 0.3) is 0 Å². The predicted octanol–water partition coefficient (Wildman–Crippen LogP) is 4.38. The second-order valence-corrected chi connectivity index (χ2v) is 8.44. The average Bonchev–Trinajstić information content (AvgIpc) is 2.79. The van der Waals surface area contributed by atoms with E-state index in [1.54, 1.807) is 30.3 Å². The number of para-hydroxylation sites is 1. The van der Waals surface area contributed by atoms with Gasteiger partial charge in [-0.3, -0.25) is 9.59 Å². The van der Waals surface area contributed by atoms with Crippen LogP contribution in [0, 0.1) is 18.3 Å². The number of hydrogen-bond acceptors (Lipinski definition) is 6. The molecule has 3 rings (SSSR count). The summed E-state index contributed by atoms with van der Waals surface area (Å²) in [6.07, 6.45) is 0.0878. The third kappa shape index (κ3) is 5.18. The van der Waals surface area contributed by atoms with Crippen molar-refractivity contribution in [1.82, 2.24) is 5.32 Å². The summed E-state index contributed by atoms with van der Waals surface area (Å²) < 4.78 is 10.8. The quantitative estimate of drug-likeness (QED) is 0.621. The van der Waals surface area contributed by atoms with Gasteiger partial charge in [-0.2, -0.15) is 5.26 Å². The molecular weight excluding hydrogens is 450 g/mol. The summed E-state index contributed by atoms with van der Waals surface area (Å²) in [7, 11) is 3.04. The van der Waals surface area contributed by atoms with Crippen molar-refractivity contribution in [2.75, 3.05) is 25.3 Å². The van der Waals surface area contributed by atoms with Crippen LogP contribution in [0.3, 0.4) is 0 Å². The van der Waals surface area contributed by atoms with E-state index >= 15 is 0 Å². The van der Waals surface area contributed by atoms with E-state index in [4.69, 9.17) is 21.1 Å². The molecule has 0 spiro atoms. The largest absolute Gasteiger partial charge is 0.493 e. The van der Waals surface area contributed by atoms with Gasteiger partial charge in [0.1, 0.15) is 0 Å². The van der Waals surface area contributed by atoms with E-state index in [0.29, 0.717) is 38.4 Å². The first kappa shape index (κ1) is 23.5. The monoisotopic (exact) mass is 471 g/mol. The van der Waals surface area contributed by atoms with Crippen LogP contribution in [0.5, 0.6) is 11.5 Å². The number of amides is 2. The molecule has 1 heterocycles. The molecule has 1 aliphatic rings. The van der Waals surface area contributed by atoms with E-state index in [2.05, 4.69) is 16.7 Å². The van der Waals surface area contributed by atoms with Gasteiger partial charge in [0.05, 0.1) is 36.6 Å². The molecule has 32 heavy (non-hydrogen) atoms. The van der Waals surface area contributed by atoms with Crippen LogP contribution in [0.15, 0.2) is 47.0 Å². The first-order chi connectivity index (χ1) is 15.4. The fourth-order valence-electron chi connectivity index (χ4n) is 3.39. The molecule has 1 atom stereocenters. The molecule has 166 valence electrons. The lowest BCUT2D eigenvalue weighted by Gasteiger charge is -2.26. The van der Waals surface area contributed by atoms with Crippen molar-refractivity contribution in [3.05, 3.63) is 63.1 Å². The predicted molar refractivity (Wildman–Crippen MR) is 125 cm³/mol. The molecule has 0 unspecified atom stereocenters. The van der Waals surface area contributed by atoms with Gasteiger partial charge >= 0.3 is 0 Å². The first-order valence-electron chi connectivity index (χ1n) is 9.71. The standard InChI is InChI=1S/C23H22ClN3O4S/c1-13-7-8-14(9-18(13)24)26-21(29)12-32-23-17(11-25)16(10-20(28)27-23)15-5-4-6-19(30-2)22(15)31-3/h4-9,16H,10,12H2,1-3H3,(H,26,29)(H,27,28)/t16-/m0/s1. The molecule has 0 bridgehead atoms. The molecule has 7 nitrogen and oxygen atoms in total. The Morgan fingerprint density at radius 2 is 2.09 bits per heavy atom. The zero-order chi connectivity index (χ0) is 23.3. The number of carbonyl (C=O) groups is 2. The Morgan fingerprint density at radius 3 is 2.75 bits per heavy atom. The average molecular weight is 472 g/mol. The van der Waals surface area contributed by atoms with Crippen molar-refractivity contribution in [3.8, 4) is 17.6 Å². The maximum atomic E-state index is 12.4. The number of nitrogens with one attached hydrogen (secondary N) is 2. The maximum Gasteiger partial charge on any atom is 0.234 e. The van der Waals surface area contributed by atoms with E-state index in [0.717, 1.165) is 17.3 Å². The van der Waals surface area contributed by atoms with Crippen molar-refractivity contribution in [1.29, 1.82) is 5.26 Å². The molecule has 1 aliphatic heterocycles. The van der Waals surface area contributed by atoms with Crippen LogP contribution < -0.4 is 20.1 Å². The van der Waals surface area contributed by atoms with Crippen molar-refractivity contribution < 1.29 is 19.1 Å². The van der Waals surface area contributed by atoms with Crippen LogP contribution in [-0.2, 0) is 9.59 Å². The minimum absolute atomic E-state index is 0.00819. The highest BCUT2D eigenvalue weighted by Crippen LogP contribution is 2.43. The number of carbonyl (C=O) groups excluding carboxylic acids is 2. The number of hydrogen-bond donors (Lipinski definition) is 2. The second kappa shape index (κ2) is 10.4. The Hall–Kier alpha value is -3.15. The van der Waals surface area contributed by atoms with Gasteiger partial charge < -0.3 is 20.1 Å². The summed E-state index contributed by atoms with van der Waals surface area (Å²) in [6.45, 7) is 1.87. The number of thioether (sulfide) groups is 1. The lowest BCUT2D eigenvalue weighted by molar-refractivity contribution is -0.121. The normalized spacial score (nSPS) is 15.6. The van der Waals surface area contributed by atoms with Crippen molar-refractivity contribution in [3.63, 3.8) is 0 Å². The number of halogens is 1. The zero-order valence-electron chi connectivity index (χ0n) is 17.8. The number of nitriles is 1. The van der Waals surface area contributed by atoms with Gasteiger partial charge in [-0.25, -0.2) is 0 Å². The summed E-state index contributed by atoms with van der Waals surface area (Å²) in [5.74, 6) is -0.0457. The Labute approximate surface area is 195 Å². The van der Waals surface area contributed by atoms with E-state index in [1.165, 1.54) is 14.2 Å². The lowest BCUT2D eigenvalue weighted by Crippen LogP contribution is -2.31. The number of methoxy groups -OCH3 is 2. The van der Waals surface area contributed by atoms with Crippen molar-refractivity contribution >= 4 is 40.9 Å². The topological polar surface area (TPSA) is 100 Å². The number of ether oxygens (including phenoxy) is 2. The Balaban J connectivity index is 1.83. The van der Waals surface area contributed by atoms with Crippen LogP contribution in [0.2, 0.25) is 5.02 Å². The molecular formula is C23H22ClN3O4S. The molecule has 0 saturated heterocycles. The van der Waals surface area contributed by atoms with E-state index in [9.17, 15) is 14.9 Å². The molecule has 2 aromatic carbocycles. The highest BCUT2D eigenvalue weighted by atomic mass is 35.5. The van der Waals surface area contributed by atoms with Crippen molar-refractivity contribution in [2.24, 2.45) is 0 Å². The zero-order valence-corrected chi connectivity index (χ0v) is 19.4. The third-order valence-corrected chi connectivity index (χ3v) is 6.39. The number of rotatable bonds is 7. The highest BCUT2D eigenvalue weighted by molar-refractivity contribution is 8.03. The lowest BCUT2D eigenvalue weighted by atomic mass is 9.86. The Bertz CT molecular complexity index is 1130. The number of allylic oxidation sites excluding steroid dienone is 1. The van der Waals surface area contributed by atoms with Crippen molar-refractivity contribution in [2.45, 2.75) is 19.3 Å². The van der Waals surface area contributed by atoms with E-state index < -0.39 is 5.92 Å². The summed E-state index contributed by atoms with van der Waals surface area (Å²) in [4.78, 5) is 24.9. The number of benzene rings is 2. The second-order valence-electron chi connectivity index (χ2n) is 7.04. The summed E-state index contributed by atoms with van der Waals surface area (Å²) in [5.41, 5.74) is 2.53. The molecule has 0 fully saturated rings. The molecule has 0 radical (unpaired) electrons. The Morgan fingerprint density at radius 1 is 1.31 bits per heavy atom. The molecule has 0 saturated carbocycles. The molecule has 0 aliphatic carbocycles. The molecule has 9 heteroatoms. The van der Waals surface area contributed by atoms with E-state index in [-0.39, 0.29) is 24.0 Å². The van der Waals surface area contributed by atoms with Crippen LogP contribution in [-0.4, -0.2) is 31.8 Å². The van der Waals surface area contributed by atoms with E-state index in [1.807, 2.05) is 13.0 Å². The molecule has 2 amide bonds. The van der Waals surface area contributed by atoms with Gasteiger partial charge in [-0.1, -0.05) is 41.6 Å². The SMILES string of the molecule is COc1cccc([C@@H]2CC(=O)NC(SCC(=O)Nc3ccc(C)c(Cl)c3)=C2C#N)c1OC. The highest BCUT2D eigenvalue weighted by Gasteiger charge is 2.32. The fraction of sp³-hybridized carbons (Fsp3) is 0.261. The molecule has 2 aromatic rings. The van der Waals surface area contributed by atoms with Gasteiger partial charge in [0, 0.05) is 28.6 Å². The number of anilines is 1. The van der Waals surface area contributed by atoms with Crippen LogP contribution in [0.4, 0.5) is 5.69 Å². The van der Waals surface area contributed by atoms with Gasteiger partial charge in [-0.15, -0.1) is 0 Å². The minimum atomic E-state index is -0.514. The first-order valence-corrected chi connectivity index (χ1v) is 11.1. The third-order valence-electron chi connectivity index (χ3n) is 4.97. The molecule has 0 aromatic heterocycles. The van der Waals surface area contributed by atoms with Crippen LogP contribution >= 0.6 is 23.4 Å².